The molecule has 0 amide bonds. The van der Waals surface area contributed by atoms with Gasteiger partial charge in [-0.2, -0.15) is 0 Å². The zero-order chi connectivity index (χ0) is 40.4. The van der Waals surface area contributed by atoms with Gasteiger partial charge >= 0.3 is 5.97 Å². The van der Waals surface area contributed by atoms with Gasteiger partial charge in [-0.25, -0.2) is 15.0 Å². The zero-order valence-electron chi connectivity index (χ0n) is 35.1. The van der Waals surface area contributed by atoms with Crippen LogP contribution in [0.15, 0.2) is 141 Å². The summed E-state index contributed by atoms with van der Waals surface area (Å²) in [5.41, 5.74) is 17.3. The lowest BCUT2D eigenvalue weighted by molar-refractivity contribution is -0.142. The van der Waals surface area contributed by atoms with E-state index in [-0.39, 0.29) is 30.8 Å². The smallest absolute Gasteiger partial charge is 0.306 e. The Morgan fingerprint density at radius 2 is 1.59 bits per heavy atom. The summed E-state index contributed by atoms with van der Waals surface area (Å²) >= 11 is 0. The number of aliphatic imine (C=N–C) groups is 3. The fourth-order valence-corrected chi connectivity index (χ4v) is 8.61. The van der Waals surface area contributed by atoms with Crippen molar-refractivity contribution in [2.24, 2.45) is 26.8 Å². The van der Waals surface area contributed by atoms with E-state index in [0.717, 1.165) is 111 Å². The lowest BCUT2D eigenvalue weighted by atomic mass is 9.86. The van der Waals surface area contributed by atoms with Gasteiger partial charge in [0.05, 0.1) is 40.3 Å². The Labute approximate surface area is 333 Å². The maximum atomic E-state index is 13.2. The number of hydrogen-bond acceptors (Lipinski definition) is 8. The maximum absolute atomic E-state index is 13.2. The number of ether oxygens (including phenoxy) is 1. The number of allylic oxidation sites excluding steroid dienone is 16. The third-order valence-corrected chi connectivity index (χ3v) is 12.0. The maximum Gasteiger partial charge on any atom is 0.306 e. The molecule has 56 heavy (non-hydrogen) atoms. The molecule has 8 heteroatoms. The van der Waals surface area contributed by atoms with Crippen molar-refractivity contribution in [2.45, 2.75) is 127 Å². The third kappa shape index (κ3) is 8.46. The summed E-state index contributed by atoms with van der Waals surface area (Å²) in [7, 11) is 0. The van der Waals surface area contributed by atoms with Crippen LogP contribution in [0.2, 0.25) is 0 Å². The largest absolute Gasteiger partial charge is 0.511 e. The van der Waals surface area contributed by atoms with Crippen molar-refractivity contribution < 1.29 is 19.7 Å². The van der Waals surface area contributed by atoms with Gasteiger partial charge in [-0.15, -0.1) is 0 Å². The molecule has 0 aromatic carbocycles. The average molecular weight is 757 g/mol. The van der Waals surface area contributed by atoms with Crippen LogP contribution in [0.3, 0.4) is 0 Å². The lowest BCUT2D eigenvalue weighted by Gasteiger charge is -2.17. The minimum absolute atomic E-state index is 0.0155. The van der Waals surface area contributed by atoms with Crippen LogP contribution in [-0.2, 0) is 9.53 Å². The zero-order valence-corrected chi connectivity index (χ0v) is 35.1. The second-order valence-electron chi connectivity index (χ2n) is 16.4. The van der Waals surface area contributed by atoms with Gasteiger partial charge in [-0.3, -0.25) is 4.79 Å². The number of fused-ring (bicyclic) bond motifs is 5. The molecule has 0 aromatic heterocycles. The number of esters is 1. The second-order valence-corrected chi connectivity index (χ2v) is 16.4. The van der Waals surface area contributed by atoms with Gasteiger partial charge in [-0.1, -0.05) is 42.7 Å². The molecular weight excluding hydrogens is 697 g/mol. The van der Waals surface area contributed by atoms with Gasteiger partial charge in [0.1, 0.15) is 12.4 Å². The van der Waals surface area contributed by atoms with Gasteiger partial charge in [0.15, 0.2) is 0 Å². The van der Waals surface area contributed by atoms with Crippen molar-refractivity contribution in [1.82, 2.24) is 5.32 Å². The first-order chi connectivity index (χ1) is 26.7. The first-order valence-corrected chi connectivity index (χ1v) is 20.4. The summed E-state index contributed by atoms with van der Waals surface area (Å²) in [6.07, 6.45) is 18.1. The van der Waals surface area contributed by atoms with Crippen LogP contribution >= 0.6 is 0 Å². The first-order valence-electron chi connectivity index (χ1n) is 20.4. The Bertz CT molecular complexity index is 2160. The van der Waals surface area contributed by atoms with Crippen LogP contribution in [0, 0.1) is 11.8 Å². The summed E-state index contributed by atoms with van der Waals surface area (Å²) in [6, 6.07) is 0. The fourth-order valence-electron chi connectivity index (χ4n) is 8.61. The molecular formula is C48H60N4O4. The van der Waals surface area contributed by atoms with E-state index in [1.807, 2.05) is 32.1 Å². The van der Waals surface area contributed by atoms with E-state index in [1.54, 1.807) is 6.92 Å². The summed E-state index contributed by atoms with van der Waals surface area (Å²) < 4.78 is 5.73. The van der Waals surface area contributed by atoms with Crippen molar-refractivity contribution in [3.8, 4) is 0 Å². The first kappa shape index (κ1) is 40.8. The molecule has 6 rings (SSSR count). The van der Waals surface area contributed by atoms with Gasteiger partial charge < -0.3 is 20.3 Å². The van der Waals surface area contributed by atoms with Crippen molar-refractivity contribution in [3.63, 3.8) is 0 Å². The molecule has 8 bridgehead atoms. The molecule has 296 valence electrons. The average Bonchev–Trinajstić information content (AvgIpc) is 3.89. The van der Waals surface area contributed by atoms with Crippen LogP contribution in [0.5, 0.6) is 0 Å². The molecule has 0 radical (unpaired) electrons. The van der Waals surface area contributed by atoms with Crippen molar-refractivity contribution in [3.05, 3.63) is 126 Å². The van der Waals surface area contributed by atoms with Crippen LogP contribution in [0.4, 0.5) is 0 Å². The Morgan fingerprint density at radius 3 is 2.29 bits per heavy atom. The molecule has 1 unspecified atom stereocenters. The molecule has 0 aromatic rings. The Morgan fingerprint density at radius 1 is 0.911 bits per heavy atom. The van der Waals surface area contributed by atoms with E-state index in [2.05, 4.69) is 72.0 Å². The molecule has 3 N–H and O–H groups in total. The summed E-state index contributed by atoms with van der Waals surface area (Å²) in [5.74, 6) is 0.0565. The number of nitrogens with one attached hydrogen (secondary N) is 1. The van der Waals surface area contributed by atoms with Crippen molar-refractivity contribution >= 4 is 23.1 Å². The number of carbonyl (C=O) groups is 1. The highest BCUT2D eigenvalue weighted by atomic mass is 16.5. The topological polar surface area (TPSA) is 116 Å². The Hall–Kier alpha value is -4.82. The van der Waals surface area contributed by atoms with Crippen LogP contribution < -0.4 is 5.32 Å². The number of aliphatic hydroxyl groups excluding tert-OH is 2. The van der Waals surface area contributed by atoms with Crippen LogP contribution in [0.1, 0.15) is 121 Å². The normalized spacial score (nSPS) is 22.7. The highest BCUT2D eigenvalue weighted by Crippen LogP contribution is 2.46. The standard InChI is InChI=1S/C48H60N4O4/c1-11-34-29(6)37-25-42-45(33(10)53)31(8)39(50-42)23-38-30(7)35(18-19-44(55)56-21-20-28(5)17-13-16-27(4)15-12-14-26(2)3)47(51-38)36-22-43(54)46-32(9)40(52-48(36)46)24-41(34)49-37/h14,16,20,23-25,30,33,35,51,53-54H,11-13,15,17-19,21-22H2,1-10H3/b27-16+,28-20+,38-23?,41-24?,42-25?,47-36?/t30-,33?,35-/m0/s1. The molecule has 3 atom stereocenters. The van der Waals surface area contributed by atoms with Crippen molar-refractivity contribution in [1.29, 1.82) is 0 Å². The number of aliphatic hydroxyl groups is 2. The Balaban J connectivity index is 1.26. The SMILES string of the molecule is CCC1=C(C)C2=NC1=CC1=C(C)C3=C(O)CC(=C4NC(=CC5=NC(=C2)C(C(C)O)=C5C)[C@@H](C)[C@@H]4CCC(=O)OC/C=C(\C)CC/C=C(\C)CCC=C(C)C)C3=N1. The Kier molecular flexibility index (Phi) is 12.5. The predicted octanol–water partition coefficient (Wildman–Crippen LogP) is 10.8. The third-order valence-electron chi connectivity index (χ3n) is 12.0. The predicted molar refractivity (Wildman–Crippen MR) is 229 cm³/mol. The van der Waals surface area contributed by atoms with Crippen molar-refractivity contribution in [2.75, 3.05) is 6.61 Å². The molecule has 5 aliphatic heterocycles. The monoisotopic (exact) mass is 756 g/mol. The molecule has 0 saturated carbocycles. The molecule has 8 nitrogen and oxygen atoms in total. The lowest BCUT2D eigenvalue weighted by Crippen LogP contribution is -2.16. The fraction of sp³-hybridized carbons (Fsp3) is 0.458. The highest BCUT2D eigenvalue weighted by molar-refractivity contribution is 6.21. The van der Waals surface area contributed by atoms with Gasteiger partial charge in [0.25, 0.3) is 0 Å². The quantitative estimate of drug-likeness (QED) is 0.128. The molecule has 5 heterocycles. The van der Waals surface area contributed by atoms with Gasteiger partial charge in [0.2, 0.25) is 0 Å². The summed E-state index contributed by atoms with van der Waals surface area (Å²) in [5, 5.41) is 26.1. The van der Waals surface area contributed by atoms with E-state index >= 15 is 0 Å². The van der Waals surface area contributed by atoms with Gasteiger partial charge in [0, 0.05) is 52.8 Å². The van der Waals surface area contributed by atoms with E-state index in [0.29, 0.717) is 24.3 Å². The minimum Gasteiger partial charge on any atom is -0.511 e. The highest BCUT2D eigenvalue weighted by Gasteiger charge is 2.41. The van der Waals surface area contributed by atoms with Crippen LogP contribution in [0.25, 0.3) is 0 Å². The summed E-state index contributed by atoms with van der Waals surface area (Å²) in [6.45, 7) is 21.0. The minimum atomic E-state index is -0.715. The van der Waals surface area contributed by atoms with Crippen LogP contribution in [-0.4, -0.2) is 46.0 Å². The summed E-state index contributed by atoms with van der Waals surface area (Å²) in [4.78, 5) is 28.5. The molecule has 6 aliphatic rings. The number of rotatable bonds is 13. The molecule has 1 saturated heterocycles. The molecule has 1 aliphatic carbocycles. The van der Waals surface area contributed by atoms with Gasteiger partial charge in [-0.05, 0) is 141 Å². The van der Waals surface area contributed by atoms with E-state index in [4.69, 9.17) is 19.7 Å². The number of nitrogens with zero attached hydrogens (tertiary/aromatic N) is 3. The second kappa shape index (κ2) is 17.1. The number of carbonyl (C=O) groups excluding carboxylic acids is 1. The molecule has 1 fully saturated rings. The van der Waals surface area contributed by atoms with E-state index in [9.17, 15) is 15.0 Å². The van der Waals surface area contributed by atoms with E-state index < -0.39 is 6.10 Å². The molecule has 0 spiro atoms. The van der Waals surface area contributed by atoms with E-state index in [1.165, 1.54) is 16.7 Å². The number of hydrogen-bond donors (Lipinski definition) is 3.